The Kier molecular flexibility index (Phi) is 2.54. The Balaban J connectivity index is 1.80. The summed E-state index contributed by atoms with van der Waals surface area (Å²) in [4.78, 5) is 6.86. The maximum atomic E-state index is 5.83. The van der Waals surface area contributed by atoms with Gasteiger partial charge in [0.2, 0.25) is 0 Å². The van der Waals surface area contributed by atoms with E-state index in [2.05, 4.69) is 16.9 Å². The van der Waals surface area contributed by atoms with E-state index in [1.165, 1.54) is 32.2 Å². The molecule has 74 valence electrons. The van der Waals surface area contributed by atoms with E-state index in [1.54, 1.807) is 0 Å². The third-order valence-electron chi connectivity index (χ3n) is 3.15. The van der Waals surface area contributed by atoms with Crippen LogP contribution < -0.4 is 5.73 Å². The van der Waals surface area contributed by atoms with Crippen LogP contribution in [0.1, 0.15) is 25.7 Å². The molecule has 1 saturated heterocycles. The van der Waals surface area contributed by atoms with Crippen molar-refractivity contribution in [1.82, 2.24) is 4.90 Å². The summed E-state index contributed by atoms with van der Waals surface area (Å²) < 4.78 is 0. The van der Waals surface area contributed by atoms with Crippen LogP contribution in [-0.4, -0.2) is 36.9 Å². The molecule has 1 aliphatic carbocycles. The Labute approximate surface area is 80.0 Å². The molecule has 0 radical (unpaired) electrons. The molecule has 0 aromatic carbocycles. The van der Waals surface area contributed by atoms with E-state index < -0.39 is 0 Å². The molecule has 1 unspecified atom stereocenters. The summed E-state index contributed by atoms with van der Waals surface area (Å²) in [7, 11) is 2.18. The minimum absolute atomic E-state index is 0.631. The molecule has 1 heterocycles. The van der Waals surface area contributed by atoms with Gasteiger partial charge in [0.05, 0.1) is 12.4 Å². The molecule has 2 fully saturated rings. The van der Waals surface area contributed by atoms with Crippen LogP contribution in [-0.2, 0) is 0 Å². The predicted molar refractivity (Wildman–Crippen MR) is 54.9 cm³/mol. The van der Waals surface area contributed by atoms with Crippen molar-refractivity contribution < 1.29 is 0 Å². The van der Waals surface area contributed by atoms with E-state index >= 15 is 0 Å². The molecule has 0 amide bonds. The normalized spacial score (nSPS) is 31.2. The maximum absolute atomic E-state index is 5.83. The Morgan fingerprint density at radius 3 is 2.77 bits per heavy atom. The lowest BCUT2D eigenvalue weighted by atomic mass is 10.2. The fourth-order valence-electron chi connectivity index (χ4n) is 1.93. The average Bonchev–Trinajstić information content (AvgIpc) is 2.88. The topological polar surface area (TPSA) is 41.6 Å². The summed E-state index contributed by atoms with van der Waals surface area (Å²) in [5.74, 6) is 1.53. The molecule has 0 aromatic heterocycles. The summed E-state index contributed by atoms with van der Waals surface area (Å²) in [5.41, 5.74) is 5.83. The van der Waals surface area contributed by atoms with E-state index in [-0.39, 0.29) is 0 Å². The van der Waals surface area contributed by atoms with Crippen molar-refractivity contribution in [3.05, 3.63) is 0 Å². The molecule has 13 heavy (non-hydrogen) atoms. The van der Waals surface area contributed by atoms with Crippen LogP contribution in [0.15, 0.2) is 4.99 Å². The van der Waals surface area contributed by atoms with Crippen LogP contribution >= 0.6 is 0 Å². The molecule has 1 aliphatic heterocycles. The Morgan fingerprint density at radius 1 is 1.46 bits per heavy atom. The minimum atomic E-state index is 0.631. The highest BCUT2D eigenvalue weighted by Gasteiger charge is 2.26. The highest BCUT2D eigenvalue weighted by atomic mass is 15.2. The van der Waals surface area contributed by atoms with Gasteiger partial charge in [-0.25, -0.2) is 0 Å². The van der Waals surface area contributed by atoms with Crippen molar-refractivity contribution in [3.8, 4) is 0 Å². The lowest BCUT2D eigenvalue weighted by Gasteiger charge is -2.16. The molecule has 2 rings (SSSR count). The smallest absolute Gasteiger partial charge is 0.0969 e. The van der Waals surface area contributed by atoms with Crippen LogP contribution in [0, 0.1) is 5.92 Å². The number of hydrogen-bond acceptors (Lipinski definition) is 2. The second-order valence-electron chi connectivity index (χ2n) is 4.32. The molecule has 1 saturated carbocycles. The van der Waals surface area contributed by atoms with Crippen LogP contribution in [0.4, 0.5) is 0 Å². The van der Waals surface area contributed by atoms with Crippen molar-refractivity contribution >= 4 is 5.84 Å². The molecular weight excluding hydrogens is 162 g/mol. The number of likely N-dealkylation sites (N-methyl/N-ethyl adjacent to an activating group) is 1. The maximum Gasteiger partial charge on any atom is 0.0969 e. The number of rotatable bonds is 3. The summed E-state index contributed by atoms with van der Waals surface area (Å²) in [5, 5.41) is 0. The first-order valence-corrected chi connectivity index (χ1v) is 5.27. The van der Waals surface area contributed by atoms with Crippen molar-refractivity contribution in [1.29, 1.82) is 0 Å². The Bertz CT molecular complexity index is 208. The van der Waals surface area contributed by atoms with Gasteiger partial charge in [0.1, 0.15) is 0 Å². The average molecular weight is 181 g/mol. The zero-order chi connectivity index (χ0) is 9.26. The monoisotopic (exact) mass is 181 g/mol. The van der Waals surface area contributed by atoms with Crippen molar-refractivity contribution in [2.24, 2.45) is 16.6 Å². The summed E-state index contributed by atoms with van der Waals surface area (Å²) in [6.07, 6.45) is 5.13. The first kappa shape index (κ1) is 9.00. The standard InChI is InChI=1S/C10H19N3/c1-13-6-2-3-9(13)7-12-10(11)8-4-5-8/h8-9H,2-7H2,1H3,(H2,11,12). The number of hydrogen-bond donors (Lipinski definition) is 1. The van der Waals surface area contributed by atoms with Gasteiger partial charge in [-0.1, -0.05) is 0 Å². The van der Waals surface area contributed by atoms with Gasteiger partial charge < -0.3 is 10.6 Å². The van der Waals surface area contributed by atoms with Gasteiger partial charge in [0, 0.05) is 12.0 Å². The van der Waals surface area contributed by atoms with Gasteiger partial charge >= 0.3 is 0 Å². The lowest BCUT2D eigenvalue weighted by Crippen LogP contribution is -2.28. The predicted octanol–water partition coefficient (Wildman–Crippen LogP) is 0.848. The zero-order valence-electron chi connectivity index (χ0n) is 8.37. The largest absolute Gasteiger partial charge is 0.387 e. The van der Waals surface area contributed by atoms with Crippen LogP contribution in [0.25, 0.3) is 0 Å². The van der Waals surface area contributed by atoms with Gasteiger partial charge in [-0.05, 0) is 39.3 Å². The quantitative estimate of drug-likeness (QED) is 0.518. The molecule has 3 heteroatoms. The molecule has 0 bridgehead atoms. The van der Waals surface area contributed by atoms with Crippen molar-refractivity contribution in [2.75, 3.05) is 20.1 Å². The number of likely N-dealkylation sites (tertiary alicyclic amines) is 1. The van der Waals surface area contributed by atoms with E-state index in [9.17, 15) is 0 Å². The van der Waals surface area contributed by atoms with E-state index in [1.807, 2.05) is 0 Å². The van der Waals surface area contributed by atoms with Gasteiger partial charge in [0.25, 0.3) is 0 Å². The van der Waals surface area contributed by atoms with Crippen LogP contribution in [0.2, 0.25) is 0 Å². The fraction of sp³-hybridized carbons (Fsp3) is 0.900. The second kappa shape index (κ2) is 3.66. The highest BCUT2D eigenvalue weighted by molar-refractivity contribution is 5.84. The van der Waals surface area contributed by atoms with Crippen molar-refractivity contribution in [2.45, 2.75) is 31.7 Å². The Hall–Kier alpha value is -0.570. The van der Waals surface area contributed by atoms with Gasteiger partial charge in [0.15, 0.2) is 0 Å². The number of nitrogens with two attached hydrogens (primary N) is 1. The molecule has 0 aromatic rings. The Morgan fingerprint density at radius 2 is 2.23 bits per heavy atom. The second-order valence-corrected chi connectivity index (χ2v) is 4.32. The lowest BCUT2D eigenvalue weighted by molar-refractivity contribution is 0.317. The van der Waals surface area contributed by atoms with Gasteiger partial charge in [-0.3, -0.25) is 4.99 Å². The van der Waals surface area contributed by atoms with Gasteiger partial charge in [-0.15, -0.1) is 0 Å². The van der Waals surface area contributed by atoms with E-state index in [4.69, 9.17) is 5.73 Å². The van der Waals surface area contributed by atoms with Crippen LogP contribution in [0.5, 0.6) is 0 Å². The number of nitrogens with zero attached hydrogens (tertiary/aromatic N) is 2. The molecule has 2 N–H and O–H groups in total. The SMILES string of the molecule is CN1CCCC1CN=C(N)C1CC1. The third kappa shape index (κ3) is 2.21. The van der Waals surface area contributed by atoms with E-state index in [0.29, 0.717) is 12.0 Å². The number of amidine groups is 1. The fourth-order valence-corrected chi connectivity index (χ4v) is 1.93. The number of aliphatic imine (C=N–C) groups is 1. The summed E-state index contributed by atoms with van der Waals surface area (Å²) in [6, 6.07) is 0.650. The van der Waals surface area contributed by atoms with E-state index in [0.717, 1.165) is 12.4 Å². The molecule has 2 aliphatic rings. The first-order valence-electron chi connectivity index (χ1n) is 5.27. The molecular formula is C10H19N3. The summed E-state index contributed by atoms with van der Waals surface area (Å²) >= 11 is 0. The molecule has 0 spiro atoms. The van der Waals surface area contributed by atoms with Crippen molar-refractivity contribution in [3.63, 3.8) is 0 Å². The third-order valence-corrected chi connectivity index (χ3v) is 3.15. The summed E-state index contributed by atoms with van der Waals surface area (Å²) in [6.45, 7) is 2.14. The molecule has 3 nitrogen and oxygen atoms in total. The van der Waals surface area contributed by atoms with Crippen LogP contribution in [0.3, 0.4) is 0 Å². The molecule has 1 atom stereocenters. The highest BCUT2D eigenvalue weighted by Crippen LogP contribution is 2.29. The minimum Gasteiger partial charge on any atom is -0.387 e. The zero-order valence-corrected chi connectivity index (χ0v) is 8.37. The first-order chi connectivity index (χ1) is 6.27. The van der Waals surface area contributed by atoms with Gasteiger partial charge in [-0.2, -0.15) is 0 Å².